The van der Waals surface area contributed by atoms with Gasteiger partial charge >= 0.3 is 0 Å². The molecule has 0 heteroatoms. The van der Waals surface area contributed by atoms with Crippen molar-refractivity contribution in [1.29, 1.82) is 0 Å². The maximum Gasteiger partial charge on any atom is -0.0105 e. The second kappa shape index (κ2) is 2.51. The second-order valence-corrected chi connectivity index (χ2v) is 4.36. The highest BCUT2D eigenvalue weighted by Crippen LogP contribution is 2.38. The van der Waals surface area contributed by atoms with Crippen molar-refractivity contribution in [2.24, 2.45) is 5.41 Å². The van der Waals surface area contributed by atoms with Crippen LogP contribution in [0.3, 0.4) is 0 Å². The fourth-order valence-corrected chi connectivity index (χ4v) is 1.89. The predicted molar refractivity (Wildman–Crippen MR) is 50.5 cm³/mol. The summed E-state index contributed by atoms with van der Waals surface area (Å²) in [5, 5.41) is 0. The summed E-state index contributed by atoms with van der Waals surface area (Å²) in [6, 6.07) is 0. The van der Waals surface area contributed by atoms with Gasteiger partial charge in [-0.15, -0.1) is 0 Å². The van der Waals surface area contributed by atoms with Gasteiger partial charge in [0.2, 0.25) is 0 Å². The molecule has 1 rings (SSSR count). The minimum absolute atomic E-state index is 0.392. The molecule has 1 aliphatic carbocycles. The van der Waals surface area contributed by atoms with Crippen LogP contribution in [0.4, 0.5) is 0 Å². The minimum atomic E-state index is 0.392. The minimum Gasteiger partial charge on any atom is -0.0722 e. The number of allylic oxidation sites excluding steroid dienone is 4. The van der Waals surface area contributed by atoms with Crippen LogP contribution in [0.2, 0.25) is 0 Å². The maximum atomic E-state index is 2.32. The fraction of sp³-hybridized carbons (Fsp3) is 0.636. The average molecular weight is 150 g/mol. The van der Waals surface area contributed by atoms with Crippen molar-refractivity contribution in [3.63, 3.8) is 0 Å². The zero-order valence-corrected chi connectivity index (χ0v) is 8.28. The Balaban J connectivity index is 3.07. The third kappa shape index (κ3) is 1.55. The first kappa shape index (κ1) is 8.58. The first-order chi connectivity index (χ1) is 4.93. The van der Waals surface area contributed by atoms with Crippen molar-refractivity contribution in [1.82, 2.24) is 0 Å². The number of rotatable bonds is 0. The third-order valence-corrected chi connectivity index (χ3v) is 2.79. The highest BCUT2D eigenvalue weighted by Gasteiger charge is 2.24. The smallest absolute Gasteiger partial charge is 0.0105 e. The van der Waals surface area contributed by atoms with Crippen LogP contribution in [0.25, 0.3) is 0 Å². The molecule has 11 heavy (non-hydrogen) atoms. The van der Waals surface area contributed by atoms with E-state index in [0.717, 1.165) is 0 Å². The molecule has 0 saturated carbocycles. The quantitative estimate of drug-likeness (QED) is 0.494. The van der Waals surface area contributed by atoms with Crippen LogP contribution in [0, 0.1) is 5.41 Å². The summed E-state index contributed by atoms with van der Waals surface area (Å²) in [5.74, 6) is 0. The Morgan fingerprint density at radius 1 is 1.18 bits per heavy atom. The summed E-state index contributed by atoms with van der Waals surface area (Å²) >= 11 is 0. The molecule has 0 radical (unpaired) electrons. The summed E-state index contributed by atoms with van der Waals surface area (Å²) in [5.41, 5.74) is 4.91. The molecule has 0 saturated heterocycles. The zero-order valence-electron chi connectivity index (χ0n) is 8.28. The van der Waals surface area contributed by atoms with Crippen LogP contribution >= 0.6 is 0 Å². The van der Waals surface area contributed by atoms with E-state index in [1.54, 1.807) is 5.57 Å². The molecule has 0 nitrogen and oxygen atoms in total. The average Bonchev–Trinajstić information content (AvgIpc) is 1.81. The molecule has 62 valence electrons. The molecule has 0 aromatic rings. The van der Waals surface area contributed by atoms with Crippen molar-refractivity contribution in [2.75, 3.05) is 0 Å². The van der Waals surface area contributed by atoms with Gasteiger partial charge in [0.1, 0.15) is 0 Å². The Bertz CT molecular complexity index is 226. The van der Waals surface area contributed by atoms with Crippen LogP contribution in [0.15, 0.2) is 22.8 Å². The number of hydrogen-bond acceptors (Lipinski definition) is 0. The van der Waals surface area contributed by atoms with Gasteiger partial charge < -0.3 is 0 Å². The van der Waals surface area contributed by atoms with Gasteiger partial charge in [0.25, 0.3) is 0 Å². The third-order valence-electron chi connectivity index (χ3n) is 2.79. The second-order valence-electron chi connectivity index (χ2n) is 4.36. The van der Waals surface area contributed by atoms with Gasteiger partial charge in [0.15, 0.2) is 0 Å². The van der Waals surface area contributed by atoms with E-state index < -0.39 is 0 Å². The Kier molecular flexibility index (Phi) is 1.96. The predicted octanol–water partition coefficient (Wildman–Crippen LogP) is 3.70. The van der Waals surface area contributed by atoms with E-state index in [9.17, 15) is 0 Å². The molecule has 0 aliphatic heterocycles. The highest BCUT2D eigenvalue weighted by molar-refractivity contribution is 5.34. The van der Waals surface area contributed by atoms with Gasteiger partial charge in [-0.25, -0.2) is 0 Å². The topological polar surface area (TPSA) is 0 Å². The van der Waals surface area contributed by atoms with Crippen LogP contribution in [-0.4, -0.2) is 0 Å². The van der Waals surface area contributed by atoms with Crippen molar-refractivity contribution < 1.29 is 0 Å². The Labute approximate surface area is 70.0 Å². The fourth-order valence-electron chi connectivity index (χ4n) is 1.89. The van der Waals surface area contributed by atoms with E-state index in [4.69, 9.17) is 0 Å². The molecule has 0 heterocycles. The molecular formula is C11H18. The van der Waals surface area contributed by atoms with E-state index in [-0.39, 0.29) is 0 Å². The van der Waals surface area contributed by atoms with Crippen molar-refractivity contribution in [2.45, 2.75) is 41.0 Å². The van der Waals surface area contributed by atoms with Crippen molar-refractivity contribution >= 4 is 0 Å². The molecule has 0 bridgehead atoms. The molecule has 0 spiro atoms. The van der Waals surface area contributed by atoms with Gasteiger partial charge in [-0.3, -0.25) is 0 Å². The number of hydrogen-bond donors (Lipinski definition) is 0. The molecule has 0 aromatic heterocycles. The van der Waals surface area contributed by atoms with Gasteiger partial charge in [-0.05, 0) is 32.6 Å². The summed E-state index contributed by atoms with van der Waals surface area (Å²) in [7, 11) is 0. The first-order valence-corrected chi connectivity index (χ1v) is 4.28. The lowest BCUT2D eigenvalue weighted by Crippen LogP contribution is -2.17. The molecule has 0 N–H and O–H groups in total. The molecule has 0 atom stereocenters. The first-order valence-electron chi connectivity index (χ1n) is 4.28. The molecule has 0 aromatic carbocycles. The van der Waals surface area contributed by atoms with Crippen molar-refractivity contribution in [3.05, 3.63) is 22.8 Å². The normalized spacial score (nSPS) is 23.5. The van der Waals surface area contributed by atoms with Gasteiger partial charge in [0, 0.05) is 0 Å². The maximum absolute atomic E-state index is 2.32. The van der Waals surface area contributed by atoms with E-state index >= 15 is 0 Å². The Morgan fingerprint density at radius 2 is 1.73 bits per heavy atom. The van der Waals surface area contributed by atoms with Crippen LogP contribution < -0.4 is 0 Å². The highest BCUT2D eigenvalue weighted by atomic mass is 14.3. The van der Waals surface area contributed by atoms with E-state index in [2.05, 4.69) is 40.7 Å². The molecule has 0 fully saturated rings. The Hall–Kier alpha value is -0.520. The van der Waals surface area contributed by atoms with E-state index in [1.165, 1.54) is 17.6 Å². The molecular weight excluding hydrogens is 132 g/mol. The summed E-state index contributed by atoms with van der Waals surface area (Å²) < 4.78 is 0. The molecule has 1 aliphatic rings. The largest absolute Gasteiger partial charge is 0.0722 e. The van der Waals surface area contributed by atoms with Crippen LogP contribution in [-0.2, 0) is 0 Å². The lowest BCUT2D eigenvalue weighted by molar-refractivity contribution is 0.431. The lowest BCUT2D eigenvalue weighted by Gasteiger charge is -2.31. The lowest BCUT2D eigenvalue weighted by atomic mass is 9.74. The van der Waals surface area contributed by atoms with Crippen LogP contribution in [0.5, 0.6) is 0 Å². The monoisotopic (exact) mass is 150 g/mol. The molecule has 0 unspecified atom stereocenters. The Morgan fingerprint density at radius 3 is 2.18 bits per heavy atom. The summed E-state index contributed by atoms with van der Waals surface area (Å²) in [4.78, 5) is 0. The van der Waals surface area contributed by atoms with Crippen LogP contribution in [0.1, 0.15) is 41.0 Å². The van der Waals surface area contributed by atoms with E-state index in [1.807, 2.05) is 0 Å². The van der Waals surface area contributed by atoms with E-state index in [0.29, 0.717) is 5.41 Å². The summed E-state index contributed by atoms with van der Waals surface area (Å²) in [6.07, 6.45) is 3.52. The molecule has 0 amide bonds. The standard InChI is InChI=1S/C11H18/c1-8-6-9(2)10(3)11(4,5)7-8/h6H,7H2,1-5H3. The van der Waals surface area contributed by atoms with Gasteiger partial charge in [-0.1, -0.05) is 36.6 Å². The summed E-state index contributed by atoms with van der Waals surface area (Å²) in [6.45, 7) is 11.3. The zero-order chi connectivity index (χ0) is 8.65. The van der Waals surface area contributed by atoms with Crippen molar-refractivity contribution in [3.8, 4) is 0 Å². The SMILES string of the molecule is CC1=CC(C)=C(C)C(C)(C)C1. The van der Waals surface area contributed by atoms with Gasteiger partial charge in [-0.2, -0.15) is 0 Å². The van der Waals surface area contributed by atoms with Gasteiger partial charge in [0.05, 0.1) is 0 Å².